The minimum Gasteiger partial charge on any atom is -0.324 e. The van der Waals surface area contributed by atoms with Crippen molar-refractivity contribution < 1.29 is 0 Å². The topological polar surface area (TPSA) is 49.8 Å². The fraction of sp³-hybridized carbons (Fsp3) is 0.417. The largest absolute Gasteiger partial charge is 0.324 e. The molecule has 2 rings (SSSR count). The zero-order valence-corrected chi connectivity index (χ0v) is 8.11. The van der Waals surface area contributed by atoms with Crippen LogP contribution in [0.5, 0.6) is 0 Å². The van der Waals surface area contributed by atoms with E-state index >= 15 is 0 Å². The number of nitrogens with two attached hydrogens (primary N) is 1. The quantitative estimate of drug-likeness (QED) is 0.770. The minimum absolute atomic E-state index is 0.122. The predicted octanol–water partition coefficient (Wildman–Crippen LogP) is 2.36. The van der Waals surface area contributed by atoms with Gasteiger partial charge < -0.3 is 5.73 Å². The van der Waals surface area contributed by atoms with Crippen LogP contribution in [0.3, 0.4) is 0 Å². The lowest BCUT2D eigenvalue weighted by Gasteiger charge is -2.31. The first-order valence-corrected chi connectivity index (χ1v) is 5.07. The van der Waals surface area contributed by atoms with Gasteiger partial charge in [0.2, 0.25) is 0 Å². The number of hydrogen-bond donors (Lipinski definition) is 1. The molecule has 1 aromatic carbocycles. The summed E-state index contributed by atoms with van der Waals surface area (Å²) in [4.78, 5) is 0. The Bertz CT molecular complexity index is 361. The smallest absolute Gasteiger partial charge is 0.0991 e. The zero-order chi connectivity index (χ0) is 9.97. The average molecular weight is 186 g/mol. The van der Waals surface area contributed by atoms with Crippen LogP contribution in [0, 0.1) is 17.2 Å². The lowest BCUT2D eigenvalue weighted by Crippen LogP contribution is -2.26. The number of nitriles is 1. The Balaban J connectivity index is 2.18. The van der Waals surface area contributed by atoms with E-state index in [-0.39, 0.29) is 6.04 Å². The van der Waals surface area contributed by atoms with Crippen molar-refractivity contribution in [3.63, 3.8) is 0 Å². The average Bonchev–Trinajstić information content (AvgIpc) is 2.15. The van der Waals surface area contributed by atoms with Gasteiger partial charge in [-0.1, -0.05) is 18.6 Å². The highest BCUT2D eigenvalue weighted by molar-refractivity contribution is 5.34. The summed E-state index contributed by atoms with van der Waals surface area (Å²) in [7, 11) is 0. The summed E-state index contributed by atoms with van der Waals surface area (Å²) in [6.07, 6.45) is 3.77. The molecular formula is C12H14N2. The first-order chi connectivity index (χ1) is 6.81. The van der Waals surface area contributed by atoms with Gasteiger partial charge in [0.25, 0.3) is 0 Å². The molecule has 72 valence electrons. The van der Waals surface area contributed by atoms with Crippen molar-refractivity contribution in [2.24, 2.45) is 11.7 Å². The van der Waals surface area contributed by atoms with Crippen LogP contribution in [0.2, 0.25) is 0 Å². The fourth-order valence-corrected chi connectivity index (χ4v) is 1.89. The lowest BCUT2D eigenvalue weighted by atomic mass is 9.77. The Morgan fingerprint density at radius 3 is 2.79 bits per heavy atom. The van der Waals surface area contributed by atoms with Gasteiger partial charge in [-0.25, -0.2) is 0 Å². The Morgan fingerprint density at radius 2 is 2.21 bits per heavy atom. The Morgan fingerprint density at radius 1 is 1.43 bits per heavy atom. The second-order valence-electron chi connectivity index (χ2n) is 3.95. The third-order valence-corrected chi connectivity index (χ3v) is 3.06. The molecule has 0 radical (unpaired) electrons. The number of benzene rings is 1. The number of nitrogens with zero attached hydrogens (tertiary/aromatic N) is 1. The van der Waals surface area contributed by atoms with Crippen LogP contribution < -0.4 is 5.73 Å². The molecule has 1 saturated carbocycles. The summed E-state index contributed by atoms with van der Waals surface area (Å²) in [6, 6.07) is 9.91. The SMILES string of the molecule is N#Cc1cccc([C@H](N)C2CCC2)c1. The molecule has 0 heterocycles. The van der Waals surface area contributed by atoms with Crippen LogP contribution in [0.1, 0.15) is 36.4 Å². The monoisotopic (exact) mass is 186 g/mol. The number of rotatable bonds is 2. The second kappa shape index (κ2) is 3.81. The van der Waals surface area contributed by atoms with E-state index in [1.165, 1.54) is 19.3 Å². The van der Waals surface area contributed by atoms with Crippen molar-refractivity contribution in [2.75, 3.05) is 0 Å². The van der Waals surface area contributed by atoms with E-state index in [9.17, 15) is 0 Å². The van der Waals surface area contributed by atoms with Crippen LogP contribution in [0.4, 0.5) is 0 Å². The zero-order valence-electron chi connectivity index (χ0n) is 8.11. The first kappa shape index (κ1) is 9.23. The number of hydrogen-bond acceptors (Lipinski definition) is 2. The molecule has 0 saturated heterocycles. The standard InChI is InChI=1S/C12H14N2/c13-8-9-3-1-6-11(7-9)12(14)10-4-2-5-10/h1,3,6-7,10,12H,2,4-5,14H2/t12-/m1/s1. The van der Waals surface area contributed by atoms with Crippen LogP contribution >= 0.6 is 0 Å². The van der Waals surface area contributed by atoms with Gasteiger partial charge in [0.05, 0.1) is 11.6 Å². The summed E-state index contributed by atoms with van der Waals surface area (Å²) in [5.74, 6) is 0.629. The molecule has 0 amide bonds. The summed E-state index contributed by atoms with van der Waals surface area (Å²) in [6.45, 7) is 0. The molecule has 2 heteroatoms. The maximum atomic E-state index is 8.76. The van der Waals surface area contributed by atoms with Crippen molar-refractivity contribution in [1.82, 2.24) is 0 Å². The highest BCUT2D eigenvalue weighted by Gasteiger charge is 2.25. The maximum Gasteiger partial charge on any atom is 0.0991 e. The maximum absolute atomic E-state index is 8.76. The fourth-order valence-electron chi connectivity index (χ4n) is 1.89. The first-order valence-electron chi connectivity index (χ1n) is 5.07. The van der Waals surface area contributed by atoms with Gasteiger partial charge in [0.15, 0.2) is 0 Å². The van der Waals surface area contributed by atoms with Gasteiger partial charge in [-0.3, -0.25) is 0 Å². The van der Waals surface area contributed by atoms with Crippen molar-refractivity contribution in [1.29, 1.82) is 5.26 Å². The predicted molar refractivity (Wildman–Crippen MR) is 55.4 cm³/mol. The molecule has 0 spiro atoms. The lowest BCUT2D eigenvalue weighted by molar-refractivity contribution is 0.264. The summed E-state index contributed by atoms with van der Waals surface area (Å²) in [5.41, 5.74) is 7.93. The van der Waals surface area contributed by atoms with Crippen molar-refractivity contribution in [2.45, 2.75) is 25.3 Å². The molecule has 0 unspecified atom stereocenters. The van der Waals surface area contributed by atoms with Gasteiger partial charge in [-0.05, 0) is 36.5 Å². The molecule has 1 aliphatic carbocycles. The molecule has 1 fully saturated rings. The van der Waals surface area contributed by atoms with Crippen molar-refractivity contribution in [3.05, 3.63) is 35.4 Å². The van der Waals surface area contributed by atoms with E-state index < -0.39 is 0 Å². The minimum atomic E-state index is 0.122. The summed E-state index contributed by atoms with van der Waals surface area (Å²) in [5, 5.41) is 8.76. The third kappa shape index (κ3) is 1.64. The molecule has 0 bridgehead atoms. The van der Waals surface area contributed by atoms with E-state index in [1.54, 1.807) is 0 Å². The van der Waals surface area contributed by atoms with Gasteiger partial charge >= 0.3 is 0 Å². The molecule has 0 aliphatic heterocycles. The summed E-state index contributed by atoms with van der Waals surface area (Å²) >= 11 is 0. The van der Waals surface area contributed by atoms with E-state index in [0.29, 0.717) is 11.5 Å². The van der Waals surface area contributed by atoms with Gasteiger partial charge in [-0.15, -0.1) is 0 Å². The van der Waals surface area contributed by atoms with Gasteiger partial charge in [0.1, 0.15) is 0 Å². The summed E-state index contributed by atoms with van der Waals surface area (Å²) < 4.78 is 0. The Hall–Kier alpha value is -1.33. The second-order valence-corrected chi connectivity index (χ2v) is 3.95. The van der Waals surface area contributed by atoms with Crippen LogP contribution in [0.25, 0.3) is 0 Å². The third-order valence-electron chi connectivity index (χ3n) is 3.06. The van der Waals surface area contributed by atoms with Crippen molar-refractivity contribution in [3.8, 4) is 6.07 Å². The highest BCUT2D eigenvalue weighted by Crippen LogP contribution is 2.36. The van der Waals surface area contributed by atoms with E-state index in [4.69, 9.17) is 11.0 Å². The van der Waals surface area contributed by atoms with Crippen LogP contribution in [-0.2, 0) is 0 Å². The van der Waals surface area contributed by atoms with Crippen molar-refractivity contribution >= 4 is 0 Å². The van der Waals surface area contributed by atoms with E-state index in [0.717, 1.165) is 5.56 Å². The molecule has 1 atom stereocenters. The molecular weight excluding hydrogens is 172 g/mol. The highest BCUT2D eigenvalue weighted by atomic mass is 14.7. The normalized spacial score (nSPS) is 18.3. The van der Waals surface area contributed by atoms with Gasteiger partial charge in [0, 0.05) is 6.04 Å². The molecule has 0 aromatic heterocycles. The molecule has 1 aromatic rings. The Labute approximate surface area is 84.3 Å². The van der Waals surface area contributed by atoms with Crippen LogP contribution in [0.15, 0.2) is 24.3 Å². The van der Waals surface area contributed by atoms with E-state index in [2.05, 4.69) is 6.07 Å². The van der Waals surface area contributed by atoms with Gasteiger partial charge in [-0.2, -0.15) is 5.26 Å². The molecule has 1 aliphatic rings. The molecule has 14 heavy (non-hydrogen) atoms. The van der Waals surface area contributed by atoms with Crippen LogP contribution in [-0.4, -0.2) is 0 Å². The van der Waals surface area contributed by atoms with E-state index in [1.807, 2.05) is 24.3 Å². The molecule has 2 nitrogen and oxygen atoms in total. The molecule has 2 N–H and O–H groups in total. The Kier molecular flexibility index (Phi) is 2.51.